The first-order valence-electron chi connectivity index (χ1n) is 11.0. The molecule has 3 N–H and O–H groups in total. The lowest BCUT2D eigenvalue weighted by Crippen LogP contribution is -2.25. The summed E-state index contributed by atoms with van der Waals surface area (Å²) in [7, 11) is 0. The van der Waals surface area contributed by atoms with Crippen molar-refractivity contribution < 1.29 is 24.2 Å². The van der Waals surface area contributed by atoms with Crippen LogP contribution >= 0.6 is 21.0 Å². The molecule has 8 nitrogen and oxygen atoms in total. The summed E-state index contributed by atoms with van der Waals surface area (Å²) >= 11 is -0.802. The van der Waals surface area contributed by atoms with Crippen LogP contribution in [0.5, 0.6) is 0 Å². The van der Waals surface area contributed by atoms with Gasteiger partial charge in [-0.15, -0.1) is 0 Å². The van der Waals surface area contributed by atoms with Gasteiger partial charge in [-0.25, -0.2) is 4.79 Å². The van der Waals surface area contributed by atoms with Gasteiger partial charge in [0.1, 0.15) is 0 Å². The van der Waals surface area contributed by atoms with Crippen molar-refractivity contribution >= 4 is 48.1 Å². The minimum Gasteiger partial charge on any atom is -0.450 e. The standard InChI is InChI=1S/C25H28IN3O5/c1-2-34-25(33)28-21-10-5-7-18(15-21)17-29-23(31)12-11-22(26-29)19-8-6-9-20(16-19)24(32)27-13-3-4-14-30/h5-12,15-16,30H,2-4,13-14,17H2,1H3,(H,27,32)(H,28,33). The molecule has 0 spiro atoms. The van der Waals surface area contributed by atoms with Gasteiger partial charge in [-0.1, -0.05) is 24.3 Å². The van der Waals surface area contributed by atoms with Crippen LogP contribution in [0.3, 0.4) is 0 Å². The van der Waals surface area contributed by atoms with Crippen molar-refractivity contribution in [3.63, 3.8) is 0 Å². The normalized spacial score (nSPS) is 13.1. The van der Waals surface area contributed by atoms with Crippen LogP contribution in [0.15, 0.2) is 60.7 Å². The van der Waals surface area contributed by atoms with Crippen LogP contribution in [0.2, 0.25) is 0 Å². The maximum absolute atomic E-state index is 12.6. The second-order valence-corrected chi connectivity index (χ2v) is 10.2. The highest BCUT2D eigenvalue weighted by Crippen LogP contribution is 2.25. The van der Waals surface area contributed by atoms with Crippen LogP contribution in [0.25, 0.3) is 0 Å². The van der Waals surface area contributed by atoms with Gasteiger partial charge in [0, 0.05) is 55.0 Å². The van der Waals surface area contributed by atoms with Gasteiger partial charge in [-0.05, 0) is 61.2 Å². The molecule has 3 rings (SSSR count). The van der Waals surface area contributed by atoms with Crippen molar-refractivity contribution in [3.8, 4) is 0 Å². The molecule has 1 aliphatic rings. The van der Waals surface area contributed by atoms with Crippen LogP contribution in [-0.4, -0.2) is 49.4 Å². The van der Waals surface area contributed by atoms with Crippen LogP contribution < -0.4 is 10.6 Å². The van der Waals surface area contributed by atoms with E-state index in [1.165, 1.54) is 0 Å². The van der Waals surface area contributed by atoms with E-state index in [2.05, 4.69) is 10.6 Å². The van der Waals surface area contributed by atoms with E-state index >= 15 is 0 Å². The van der Waals surface area contributed by atoms with Gasteiger partial charge < -0.3 is 15.2 Å². The van der Waals surface area contributed by atoms with Crippen molar-refractivity contribution in [1.82, 2.24) is 8.43 Å². The fraction of sp³-hybridized carbons (Fsp3) is 0.280. The summed E-state index contributed by atoms with van der Waals surface area (Å²) in [6.45, 7) is 3.07. The van der Waals surface area contributed by atoms with Crippen molar-refractivity contribution in [1.29, 1.82) is 0 Å². The molecular weight excluding hydrogens is 549 g/mol. The summed E-state index contributed by atoms with van der Waals surface area (Å²) in [4.78, 5) is 36.7. The van der Waals surface area contributed by atoms with E-state index in [4.69, 9.17) is 9.84 Å². The lowest BCUT2D eigenvalue weighted by atomic mass is 10.1. The number of hydrogen-bond acceptors (Lipinski definition) is 5. The molecule has 34 heavy (non-hydrogen) atoms. The van der Waals surface area contributed by atoms with Crippen molar-refractivity contribution in [2.24, 2.45) is 0 Å². The molecular formula is C25H28IN3O5. The van der Waals surface area contributed by atoms with E-state index < -0.39 is 27.1 Å². The number of unbranched alkanes of at least 4 members (excludes halogenated alkanes) is 1. The fourth-order valence-electron chi connectivity index (χ4n) is 3.20. The van der Waals surface area contributed by atoms with Gasteiger partial charge >= 0.3 is 6.09 Å². The molecule has 1 heterocycles. The predicted molar refractivity (Wildman–Crippen MR) is 140 cm³/mol. The molecule has 0 radical (unpaired) electrons. The number of ether oxygens (including phenoxy) is 1. The lowest BCUT2D eigenvalue weighted by Gasteiger charge is -2.21. The van der Waals surface area contributed by atoms with E-state index in [1.807, 2.05) is 45.6 Å². The van der Waals surface area contributed by atoms with Crippen molar-refractivity contribution in [2.45, 2.75) is 26.3 Å². The molecule has 2 aromatic rings. The zero-order valence-electron chi connectivity index (χ0n) is 18.9. The first kappa shape index (κ1) is 25.6. The zero-order valence-corrected chi connectivity index (χ0v) is 21.1. The SMILES string of the molecule is CCOC(=O)Nc1cccc(CN2I=C(c3cccc(C(=O)NCCCCO)c3)C=CC2=O)c1. The van der Waals surface area contributed by atoms with Gasteiger partial charge in [-0.3, -0.25) is 18.0 Å². The van der Waals surface area contributed by atoms with Gasteiger partial charge in [0.2, 0.25) is 0 Å². The summed E-state index contributed by atoms with van der Waals surface area (Å²) in [5.41, 5.74) is 2.99. The summed E-state index contributed by atoms with van der Waals surface area (Å²) < 4.78 is 7.77. The first-order chi connectivity index (χ1) is 16.5. The monoisotopic (exact) mass is 577 g/mol. The smallest absolute Gasteiger partial charge is 0.411 e. The molecule has 1 aliphatic heterocycles. The van der Waals surface area contributed by atoms with Crippen LogP contribution in [0.1, 0.15) is 41.3 Å². The maximum Gasteiger partial charge on any atom is 0.411 e. The molecule has 180 valence electrons. The minimum atomic E-state index is -0.802. The average molecular weight is 577 g/mol. The highest BCUT2D eigenvalue weighted by Gasteiger charge is 2.17. The van der Waals surface area contributed by atoms with E-state index in [9.17, 15) is 14.4 Å². The number of carbonyl (C=O) groups excluding carboxylic acids is 3. The van der Waals surface area contributed by atoms with E-state index in [0.717, 1.165) is 21.1 Å². The Bertz CT molecular complexity index is 1100. The van der Waals surface area contributed by atoms with Gasteiger partial charge in [0.05, 0.1) is 13.2 Å². The van der Waals surface area contributed by atoms with Crippen LogP contribution in [0, 0.1) is 0 Å². The number of rotatable bonds is 10. The Labute approximate surface area is 209 Å². The predicted octanol–water partition coefficient (Wildman–Crippen LogP) is 3.76. The number of amides is 3. The third-order valence-corrected chi connectivity index (χ3v) is 7.75. The van der Waals surface area contributed by atoms with E-state index in [-0.39, 0.29) is 25.0 Å². The quantitative estimate of drug-likeness (QED) is 0.227. The molecule has 9 heteroatoms. The highest BCUT2D eigenvalue weighted by atomic mass is 127. The highest BCUT2D eigenvalue weighted by molar-refractivity contribution is 14.2. The molecule has 2 aromatic carbocycles. The molecule has 0 saturated heterocycles. The largest absolute Gasteiger partial charge is 0.450 e. The number of halogens is 1. The van der Waals surface area contributed by atoms with E-state index in [0.29, 0.717) is 30.8 Å². The number of benzene rings is 2. The Morgan fingerprint density at radius 3 is 2.71 bits per heavy atom. The number of allylic oxidation sites excluding steroid dienone is 1. The van der Waals surface area contributed by atoms with Crippen LogP contribution in [-0.2, 0) is 16.1 Å². The third-order valence-electron chi connectivity index (χ3n) is 4.85. The Balaban J connectivity index is 1.71. The van der Waals surface area contributed by atoms with Crippen molar-refractivity contribution in [2.75, 3.05) is 25.1 Å². The third kappa shape index (κ3) is 7.49. The molecule has 0 fully saturated rings. The van der Waals surface area contributed by atoms with Gasteiger partial charge in [-0.2, -0.15) is 0 Å². The summed E-state index contributed by atoms with van der Waals surface area (Å²) in [6.07, 6.45) is 4.25. The lowest BCUT2D eigenvalue weighted by molar-refractivity contribution is -0.120. The molecule has 0 bridgehead atoms. The number of anilines is 1. The topological polar surface area (TPSA) is 108 Å². The van der Waals surface area contributed by atoms with E-state index in [1.54, 1.807) is 25.1 Å². The second kappa shape index (κ2) is 13.0. The number of hydrogen-bond donors (Lipinski definition) is 3. The maximum atomic E-state index is 12.6. The fourth-order valence-corrected chi connectivity index (χ4v) is 5.75. The Morgan fingerprint density at radius 2 is 1.91 bits per heavy atom. The summed E-state index contributed by atoms with van der Waals surface area (Å²) in [5.74, 6) is -0.213. The van der Waals surface area contributed by atoms with Gasteiger partial charge in [0.25, 0.3) is 11.8 Å². The minimum absolute atomic E-state index is 0.0573. The number of carbonyl (C=O) groups is 3. The zero-order chi connectivity index (χ0) is 24.3. The summed E-state index contributed by atoms with van der Waals surface area (Å²) in [6, 6.07) is 14.7. The molecule has 0 saturated carbocycles. The molecule has 0 aliphatic carbocycles. The first-order valence-corrected chi connectivity index (χ1v) is 13.1. The van der Waals surface area contributed by atoms with Crippen molar-refractivity contribution in [3.05, 3.63) is 77.4 Å². The summed E-state index contributed by atoms with van der Waals surface area (Å²) in [5, 5.41) is 14.4. The molecule has 0 unspecified atom stereocenters. The molecule has 0 atom stereocenters. The number of aliphatic hydroxyl groups excluding tert-OH is 1. The average Bonchev–Trinajstić information content (AvgIpc) is 2.83. The number of nitrogens with one attached hydrogen (secondary N) is 2. The number of nitrogens with zero attached hydrogens (tertiary/aromatic N) is 1. The number of aliphatic hydroxyl groups is 1. The second-order valence-electron chi connectivity index (χ2n) is 7.44. The molecule has 0 aromatic heterocycles. The van der Waals surface area contributed by atoms with Gasteiger partial charge in [0.15, 0.2) is 0 Å². The Morgan fingerprint density at radius 1 is 1.09 bits per heavy atom. The van der Waals surface area contributed by atoms with Crippen LogP contribution in [0.4, 0.5) is 10.5 Å². The Kier molecular flexibility index (Phi) is 9.77. The molecule has 3 amide bonds. The Hall–Kier alpha value is -3.05.